The number of ether oxygens (including phenoxy) is 2. The first-order chi connectivity index (χ1) is 17.3. The van der Waals surface area contributed by atoms with E-state index >= 15 is 0 Å². The van der Waals surface area contributed by atoms with Crippen LogP contribution in [-0.2, 0) is 21.4 Å². The Bertz CT molecular complexity index is 1470. The molecule has 0 atom stereocenters. The molecule has 1 N–H and O–H groups in total. The van der Waals surface area contributed by atoms with Gasteiger partial charge in [0, 0.05) is 30.3 Å². The van der Waals surface area contributed by atoms with Gasteiger partial charge in [-0.2, -0.15) is 0 Å². The Hall–Kier alpha value is -2.67. The predicted molar refractivity (Wildman–Crippen MR) is 143 cm³/mol. The van der Waals surface area contributed by atoms with Crippen LogP contribution in [0.1, 0.15) is 21.7 Å². The number of benzene rings is 2. The minimum Gasteiger partial charge on any atom is -0.484 e. The summed E-state index contributed by atoms with van der Waals surface area (Å²) in [5.41, 5.74) is 1.57. The third-order valence-corrected chi connectivity index (χ3v) is 10.4. The number of aryl methyl sites for hydroxylation is 1. The van der Waals surface area contributed by atoms with E-state index in [0.717, 1.165) is 39.7 Å². The number of fused-ring (bicyclic) bond motifs is 3. The van der Waals surface area contributed by atoms with E-state index in [-0.39, 0.29) is 33.0 Å². The number of carboxylic acids is 1. The smallest absolute Gasteiger partial charge is 0.341 e. The Balaban J connectivity index is 1.86. The van der Waals surface area contributed by atoms with Gasteiger partial charge in [0.2, 0.25) is 0 Å². The summed E-state index contributed by atoms with van der Waals surface area (Å²) in [6.45, 7) is 8.19. The number of rotatable bonds is 9. The van der Waals surface area contributed by atoms with Crippen molar-refractivity contribution < 1.29 is 36.6 Å². The highest BCUT2D eigenvalue weighted by atomic mass is 79.9. The molecule has 37 heavy (non-hydrogen) atoms. The topological polar surface area (TPSA) is 106 Å². The number of hydrogen-bond acceptors (Lipinski definition) is 6. The fourth-order valence-corrected chi connectivity index (χ4v) is 7.16. The van der Waals surface area contributed by atoms with E-state index in [9.17, 15) is 22.7 Å². The Labute approximate surface area is 224 Å². The summed E-state index contributed by atoms with van der Waals surface area (Å²) in [4.78, 5) is 12.3. The predicted octanol–water partition coefficient (Wildman–Crippen LogP) is 6.25. The van der Waals surface area contributed by atoms with Crippen LogP contribution in [0.15, 0.2) is 50.4 Å². The zero-order valence-corrected chi connectivity index (χ0v) is 24.2. The molecular weight excluding hydrogens is 585 g/mol. The van der Waals surface area contributed by atoms with Gasteiger partial charge in [-0.25, -0.2) is 21.9 Å². The number of furan rings is 1. The average molecular weight is 613 g/mol. The van der Waals surface area contributed by atoms with Crippen LogP contribution in [0.25, 0.3) is 11.1 Å². The molecule has 0 unspecified atom stereocenters. The molecule has 0 amide bonds. The minimum absolute atomic E-state index is 0.00285. The zero-order chi connectivity index (χ0) is 27.1. The fraction of sp³-hybridized carbons (Fsp3) is 0.320. The van der Waals surface area contributed by atoms with Gasteiger partial charge in [0.15, 0.2) is 0 Å². The van der Waals surface area contributed by atoms with E-state index in [1.54, 1.807) is 12.3 Å². The average Bonchev–Trinajstić information content (AvgIpc) is 3.18. The molecule has 198 valence electrons. The third-order valence-electron chi connectivity index (χ3n) is 5.95. The second-order valence-electron chi connectivity index (χ2n) is 9.92. The van der Waals surface area contributed by atoms with Crippen LogP contribution in [0.3, 0.4) is 0 Å². The van der Waals surface area contributed by atoms with Crippen molar-refractivity contribution in [1.82, 2.24) is 0 Å². The van der Waals surface area contributed by atoms with Gasteiger partial charge in [-0.15, -0.1) is 0 Å². The number of aromatic carboxylic acids is 1. The van der Waals surface area contributed by atoms with Gasteiger partial charge >= 0.3 is 5.97 Å². The molecule has 0 radical (unpaired) electrons. The standard InChI is InChI=1S/C25H27BrFNO7SSi/c1-15-12-34-20-13-35-24-17(22(15)20)6-7-19(23(24)25(29)30)28(14-33-9-10-37(2,3)4)36(31,32)21-8-5-16(27)11-18(21)26/h5-8,11-12H,9-10,13-14H2,1-4H3,(H,29,30). The van der Waals surface area contributed by atoms with Crippen LogP contribution in [0.5, 0.6) is 5.75 Å². The first-order valence-electron chi connectivity index (χ1n) is 11.5. The summed E-state index contributed by atoms with van der Waals surface area (Å²) in [7, 11) is -5.87. The summed E-state index contributed by atoms with van der Waals surface area (Å²) in [5.74, 6) is -1.38. The van der Waals surface area contributed by atoms with Gasteiger partial charge < -0.3 is 19.0 Å². The van der Waals surface area contributed by atoms with Crippen LogP contribution in [-0.4, -0.2) is 40.9 Å². The molecule has 2 heterocycles. The van der Waals surface area contributed by atoms with Crippen molar-refractivity contribution in [2.24, 2.45) is 0 Å². The normalized spacial score (nSPS) is 13.0. The number of nitrogens with zero attached hydrogens (tertiary/aromatic N) is 1. The number of anilines is 1. The summed E-state index contributed by atoms with van der Waals surface area (Å²) in [6.07, 6.45) is 1.56. The van der Waals surface area contributed by atoms with Crippen LogP contribution < -0.4 is 9.04 Å². The molecule has 12 heteroatoms. The molecule has 8 nitrogen and oxygen atoms in total. The largest absolute Gasteiger partial charge is 0.484 e. The van der Waals surface area contributed by atoms with Crippen molar-refractivity contribution in [3.05, 3.63) is 63.8 Å². The zero-order valence-electron chi connectivity index (χ0n) is 20.8. The van der Waals surface area contributed by atoms with E-state index in [2.05, 4.69) is 35.6 Å². The van der Waals surface area contributed by atoms with Gasteiger partial charge in [0.05, 0.1) is 12.0 Å². The lowest BCUT2D eigenvalue weighted by molar-refractivity contribution is 0.0691. The molecule has 1 aliphatic heterocycles. The molecular formula is C25H27BrFNO7SSi. The second kappa shape index (κ2) is 10.2. The maximum atomic E-state index is 13.9. The molecule has 1 aliphatic rings. The molecule has 0 bridgehead atoms. The second-order valence-corrected chi connectivity index (χ2v) is 18.2. The highest BCUT2D eigenvalue weighted by molar-refractivity contribution is 9.10. The van der Waals surface area contributed by atoms with E-state index in [0.29, 0.717) is 17.9 Å². The Morgan fingerprint density at radius 3 is 2.62 bits per heavy atom. The highest BCUT2D eigenvalue weighted by Crippen LogP contribution is 2.46. The molecule has 0 saturated heterocycles. The molecule has 0 aliphatic carbocycles. The van der Waals surface area contributed by atoms with Gasteiger partial charge in [0.1, 0.15) is 41.1 Å². The summed E-state index contributed by atoms with van der Waals surface area (Å²) >= 11 is 3.13. The first-order valence-corrected chi connectivity index (χ1v) is 17.4. The van der Waals surface area contributed by atoms with Gasteiger partial charge in [-0.3, -0.25) is 0 Å². The van der Waals surface area contributed by atoms with E-state index in [1.807, 2.05) is 6.92 Å². The molecule has 0 saturated carbocycles. The summed E-state index contributed by atoms with van der Waals surface area (Å²) in [6, 6.07) is 7.00. The number of halogens is 2. The lowest BCUT2D eigenvalue weighted by Crippen LogP contribution is -2.35. The molecule has 1 aromatic heterocycles. The molecule has 3 aromatic rings. The fourth-order valence-electron chi connectivity index (χ4n) is 4.03. The quantitative estimate of drug-likeness (QED) is 0.173. The van der Waals surface area contributed by atoms with E-state index in [1.165, 1.54) is 6.07 Å². The molecule has 2 aromatic carbocycles. The van der Waals surface area contributed by atoms with E-state index in [4.69, 9.17) is 13.9 Å². The maximum Gasteiger partial charge on any atom is 0.341 e. The lowest BCUT2D eigenvalue weighted by atomic mass is 9.96. The van der Waals surface area contributed by atoms with Crippen molar-refractivity contribution in [1.29, 1.82) is 0 Å². The molecule has 4 rings (SSSR count). The number of sulfonamides is 1. The Morgan fingerprint density at radius 1 is 1.24 bits per heavy atom. The van der Waals surface area contributed by atoms with Crippen molar-refractivity contribution in [3.63, 3.8) is 0 Å². The molecule has 0 spiro atoms. The number of carbonyl (C=O) groups is 1. The van der Waals surface area contributed by atoms with Gasteiger partial charge in [-0.1, -0.05) is 19.6 Å². The minimum atomic E-state index is -4.39. The summed E-state index contributed by atoms with van der Waals surface area (Å²) < 4.78 is 59.4. The lowest BCUT2D eigenvalue weighted by Gasteiger charge is -2.29. The SMILES string of the molecule is Cc1coc2c1-c1ccc(N(COCC[Si](C)(C)C)S(=O)(=O)c3ccc(F)cc3Br)c(C(=O)O)c1OC2. The Kier molecular flexibility index (Phi) is 7.57. The van der Waals surface area contributed by atoms with Crippen LogP contribution in [0.2, 0.25) is 25.7 Å². The third kappa shape index (κ3) is 5.47. The number of hydrogen-bond donors (Lipinski definition) is 1. The van der Waals surface area contributed by atoms with Crippen molar-refractivity contribution in [2.45, 2.75) is 44.1 Å². The molecule has 0 fully saturated rings. The van der Waals surface area contributed by atoms with E-state index < -0.39 is 36.6 Å². The van der Waals surface area contributed by atoms with Crippen LogP contribution >= 0.6 is 15.9 Å². The van der Waals surface area contributed by atoms with Crippen molar-refractivity contribution in [2.75, 3.05) is 17.6 Å². The van der Waals surface area contributed by atoms with Crippen molar-refractivity contribution in [3.8, 4) is 16.9 Å². The number of carboxylic acid groups (broad SMARTS) is 1. The Morgan fingerprint density at radius 2 is 1.97 bits per heavy atom. The van der Waals surface area contributed by atoms with Crippen LogP contribution in [0.4, 0.5) is 10.1 Å². The summed E-state index contributed by atoms with van der Waals surface area (Å²) in [5, 5.41) is 10.2. The first kappa shape index (κ1) is 27.4. The van der Waals surface area contributed by atoms with Gasteiger partial charge in [0.25, 0.3) is 10.0 Å². The maximum absolute atomic E-state index is 13.9. The highest BCUT2D eigenvalue weighted by Gasteiger charge is 2.35. The van der Waals surface area contributed by atoms with Gasteiger partial charge in [-0.05, 0) is 64.8 Å². The van der Waals surface area contributed by atoms with Crippen LogP contribution in [0, 0.1) is 12.7 Å². The monoisotopic (exact) mass is 611 g/mol. The van der Waals surface area contributed by atoms with Crippen molar-refractivity contribution >= 4 is 45.7 Å².